The van der Waals surface area contributed by atoms with E-state index < -0.39 is 5.60 Å². The minimum Gasteiger partial charge on any atom is -0.387 e. The third-order valence-electron chi connectivity index (χ3n) is 2.72. The molecule has 0 fully saturated rings. The first-order valence-electron chi connectivity index (χ1n) is 5.36. The van der Waals surface area contributed by atoms with Gasteiger partial charge in [0.15, 0.2) is 0 Å². The van der Waals surface area contributed by atoms with Gasteiger partial charge in [0.05, 0.1) is 12.2 Å². The van der Waals surface area contributed by atoms with Crippen molar-refractivity contribution in [2.45, 2.75) is 32.3 Å². The Morgan fingerprint density at radius 2 is 1.87 bits per heavy atom. The van der Waals surface area contributed by atoms with Crippen molar-refractivity contribution in [1.82, 2.24) is 0 Å². The molecule has 84 valence electrons. The second-order valence-corrected chi connectivity index (χ2v) is 4.17. The summed E-state index contributed by atoms with van der Waals surface area (Å²) in [5.41, 5.74) is 1.66. The number of rotatable bonds is 5. The summed E-state index contributed by atoms with van der Waals surface area (Å²) in [6.45, 7) is 4.43. The Kier molecular flexibility index (Phi) is 4.30. The highest BCUT2D eigenvalue weighted by Crippen LogP contribution is 2.18. The van der Waals surface area contributed by atoms with Gasteiger partial charge in [0.1, 0.15) is 0 Å². The third kappa shape index (κ3) is 3.65. The lowest BCUT2D eigenvalue weighted by Crippen LogP contribution is -2.35. The SMILES string of the molecule is CCC(O)(COC)Cc1ccc(C)cc1. The van der Waals surface area contributed by atoms with E-state index in [9.17, 15) is 5.11 Å². The topological polar surface area (TPSA) is 29.5 Å². The highest BCUT2D eigenvalue weighted by molar-refractivity contribution is 5.22. The first-order chi connectivity index (χ1) is 7.09. The molecule has 2 heteroatoms. The van der Waals surface area contributed by atoms with Crippen molar-refractivity contribution in [2.75, 3.05) is 13.7 Å². The summed E-state index contributed by atoms with van der Waals surface area (Å²) in [6, 6.07) is 8.26. The van der Waals surface area contributed by atoms with Crippen LogP contribution < -0.4 is 0 Å². The number of aliphatic hydroxyl groups is 1. The highest BCUT2D eigenvalue weighted by atomic mass is 16.5. The fourth-order valence-electron chi connectivity index (χ4n) is 1.63. The number of methoxy groups -OCH3 is 1. The van der Waals surface area contributed by atoms with Crippen molar-refractivity contribution in [2.24, 2.45) is 0 Å². The fourth-order valence-corrected chi connectivity index (χ4v) is 1.63. The molecule has 0 saturated carbocycles. The van der Waals surface area contributed by atoms with Gasteiger partial charge in [0.2, 0.25) is 0 Å². The van der Waals surface area contributed by atoms with Crippen LogP contribution in [0.2, 0.25) is 0 Å². The van der Waals surface area contributed by atoms with E-state index in [1.54, 1.807) is 7.11 Å². The van der Waals surface area contributed by atoms with E-state index >= 15 is 0 Å². The van der Waals surface area contributed by atoms with Crippen LogP contribution in [0, 0.1) is 6.92 Å². The molecular formula is C13H20O2. The van der Waals surface area contributed by atoms with Gasteiger partial charge in [-0.15, -0.1) is 0 Å². The lowest BCUT2D eigenvalue weighted by atomic mass is 9.92. The molecule has 15 heavy (non-hydrogen) atoms. The van der Waals surface area contributed by atoms with Crippen molar-refractivity contribution in [3.63, 3.8) is 0 Å². The summed E-state index contributed by atoms with van der Waals surface area (Å²) in [5, 5.41) is 10.2. The van der Waals surface area contributed by atoms with E-state index in [1.807, 2.05) is 6.92 Å². The molecular weight excluding hydrogens is 188 g/mol. The van der Waals surface area contributed by atoms with E-state index in [-0.39, 0.29) is 0 Å². The predicted octanol–water partition coefficient (Wildman–Crippen LogP) is 2.33. The molecule has 0 saturated heterocycles. The Hall–Kier alpha value is -0.860. The molecule has 0 amide bonds. The second-order valence-electron chi connectivity index (χ2n) is 4.17. The average Bonchev–Trinajstić information content (AvgIpc) is 2.22. The van der Waals surface area contributed by atoms with Crippen LogP contribution in [0.1, 0.15) is 24.5 Å². The first kappa shape index (κ1) is 12.2. The van der Waals surface area contributed by atoms with E-state index in [0.29, 0.717) is 19.4 Å². The van der Waals surface area contributed by atoms with Crippen LogP contribution >= 0.6 is 0 Å². The molecule has 0 bridgehead atoms. The van der Waals surface area contributed by atoms with Crippen LogP contribution in [0.3, 0.4) is 0 Å². The molecule has 0 aliphatic rings. The normalized spacial score (nSPS) is 14.9. The van der Waals surface area contributed by atoms with Gasteiger partial charge in [-0.1, -0.05) is 36.8 Å². The summed E-state index contributed by atoms with van der Waals surface area (Å²) < 4.78 is 5.04. The molecule has 1 aromatic rings. The Bertz CT molecular complexity index is 292. The third-order valence-corrected chi connectivity index (χ3v) is 2.72. The molecule has 0 aliphatic carbocycles. The van der Waals surface area contributed by atoms with Gasteiger partial charge < -0.3 is 9.84 Å². The van der Waals surface area contributed by atoms with Crippen molar-refractivity contribution in [3.8, 4) is 0 Å². The zero-order valence-electron chi connectivity index (χ0n) is 9.79. The van der Waals surface area contributed by atoms with Crippen molar-refractivity contribution in [1.29, 1.82) is 0 Å². The van der Waals surface area contributed by atoms with E-state index in [4.69, 9.17) is 4.74 Å². The van der Waals surface area contributed by atoms with Gasteiger partial charge in [-0.3, -0.25) is 0 Å². The van der Waals surface area contributed by atoms with Crippen molar-refractivity contribution < 1.29 is 9.84 Å². The predicted molar refractivity (Wildman–Crippen MR) is 62.0 cm³/mol. The number of hydrogen-bond donors (Lipinski definition) is 1. The molecule has 1 unspecified atom stereocenters. The minimum atomic E-state index is -0.732. The maximum Gasteiger partial charge on any atom is 0.0917 e. The molecule has 2 nitrogen and oxygen atoms in total. The average molecular weight is 208 g/mol. The fraction of sp³-hybridized carbons (Fsp3) is 0.538. The van der Waals surface area contributed by atoms with Crippen LogP contribution in [-0.2, 0) is 11.2 Å². The highest BCUT2D eigenvalue weighted by Gasteiger charge is 2.24. The lowest BCUT2D eigenvalue weighted by molar-refractivity contribution is -0.0333. The maximum absolute atomic E-state index is 10.2. The summed E-state index contributed by atoms with van der Waals surface area (Å²) >= 11 is 0. The first-order valence-corrected chi connectivity index (χ1v) is 5.36. The molecule has 0 radical (unpaired) electrons. The Morgan fingerprint density at radius 1 is 1.27 bits per heavy atom. The Labute approximate surface area is 91.9 Å². The van der Waals surface area contributed by atoms with E-state index in [0.717, 1.165) is 5.56 Å². The molecule has 0 heterocycles. The van der Waals surface area contributed by atoms with Gasteiger partial charge in [-0.25, -0.2) is 0 Å². The lowest BCUT2D eigenvalue weighted by Gasteiger charge is -2.25. The van der Waals surface area contributed by atoms with Crippen LogP contribution in [-0.4, -0.2) is 24.4 Å². The van der Waals surface area contributed by atoms with Gasteiger partial charge in [-0.2, -0.15) is 0 Å². The Morgan fingerprint density at radius 3 is 2.33 bits per heavy atom. The molecule has 1 aromatic carbocycles. The van der Waals surface area contributed by atoms with Gasteiger partial charge in [-0.05, 0) is 18.9 Å². The van der Waals surface area contributed by atoms with Gasteiger partial charge >= 0.3 is 0 Å². The monoisotopic (exact) mass is 208 g/mol. The van der Waals surface area contributed by atoms with Crippen LogP contribution in [0.15, 0.2) is 24.3 Å². The molecule has 0 aliphatic heterocycles. The summed E-state index contributed by atoms with van der Waals surface area (Å²) in [5.74, 6) is 0. The smallest absolute Gasteiger partial charge is 0.0917 e. The zero-order chi connectivity index (χ0) is 11.3. The number of hydrogen-bond acceptors (Lipinski definition) is 2. The largest absolute Gasteiger partial charge is 0.387 e. The summed E-state index contributed by atoms with van der Waals surface area (Å²) in [6.07, 6.45) is 1.35. The van der Waals surface area contributed by atoms with Crippen LogP contribution in [0.4, 0.5) is 0 Å². The number of ether oxygens (including phenoxy) is 1. The Balaban J connectivity index is 2.70. The summed E-state index contributed by atoms with van der Waals surface area (Å²) in [7, 11) is 1.62. The van der Waals surface area contributed by atoms with Gasteiger partial charge in [0, 0.05) is 13.5 Å². The molecule has 1 atom stereocenters. The van der Waals surface area contributed by atoms with Crippen molar-refractivity contribution >= 4 is 0 Å². The maximum atomic E-state index is 10.2. The minimum absolute atomic E-state index is 0.386. The molecule has 0 spiro atoms. The number of benzene rings is 1. The quantitative estimate of drug-likeness (QED) is 0.804. The zero-order valence-corrected chi connectivity index (χ0v) is 9.79. The van der Waals surface area contributed by atoms with Crippen LogP contribution in [0.5, 0.6) is 0 Å². The van der Waals surface area contributed by atoms with E-state index in [2.05, 4.69) is 31.2 Å². The van der Waals surface area contributed by atoms with Crippen molar-refractivity contribution in [3.05, 3.63) is 35.4 Å². The standard InChI is InChI=1S/C13H20O2/c1-4-13(14,10-15-3)9-12-7-5-11(2)6-8-12/h5-8,14H,4,9-10H2,1-3H3. The molecule has 1 rings (SSSR count). The van der Waals surface area contributed by atoms with Gasteiger partial charge in [0.25, 0.3) is 0 Å². The molecule has 1 N–H and O–H groups in total. The molecule has 0 aromatic heterocycles. The number of aryl methyl sites for hydroxylation is 1. The second kappa shape index (κ2) is 5.29. The van der Waals surface area contributed by atoms with Crippen LogP contribution in [0.25, 0.3) is 0 Å². The summed E-state index contributed by atoms with van der Waals surface area (Å²) in [4.78, 5) is 0. The van der Waals surface area contributed by atoms with E-state index in [1.165, 1.54) is 5.56 Å².